The van der Waals surface area contributed by atoms with E-state index in [1.807, 2.05) is 12.1 Å². The van der Waals surface area contributed by atoms with Crippen LogP contribution in [0.15, 0.2) is 24.3 Å². The molecule has 0 N–H and O–H groups in total. The summed E-state index contributed by atoms with van der Waals surface area (Å²) in [6.45, 7) is 6.90. The number of carbonyl (C=O) groups is 1. The number of carbonyl (C=O) groups excluding carboxylic acids is 1. The van der Waals surface area contributed by atoms with Crippen LogP contribution >= 0.6 is 0 Å². The number of nitrogens with zero attached hydrogens (tertiary/aromatic N) is 1. The Morgan fingerprint density at radius 2 is 0.622 bits per heavy atom. The largest absolute Gasteiger partial charge is 0.372 e. The Morgan fingerprint density at radius 3 is 0.867 bits per heavy atom. The number of unbranched alkanes of at least 4 members (excludes halogenated alkanes) is 30. The van der Waals surface area contributed by atoms with Crippen LogP contribution in [0.2, 0.25) is 0 Å². The van der Waals surface area contributed by atoms with Crippen LogP contribution in [0.25, 0.3) is 0 Å². The van der Waals surface area contributed by atoms with E-state index in [4.69, 9.17) is 0 Å². The van der Waals surface area contributed by atoms with Crippen LogP contribution in [-0.4, -0.2) is 19.4 Å². The number of benzene rings is 1. The van der Waals surface area contributed by atoms with Gasteiger partial charge in [0.15, 0.2) is 0 Å². The molecule has 0 saturated heterocycles. The molecular formula is C43H79NO. The fraction of sp³-hybridized carbons (Fsp3) is 0.837. The van der Waals surface area contributed by atoms with Gasteiger partial charge in [0.1, 0.15) is 6.29 Å². The lowest BCUT2D eigenvalue weighted by molar-refractivity contribution is 0.112. The minimum absolute atomic E-state index is 0.781. The molecule has 0 bridgehead atoms. The van der Waals surface area contributed by atoms with Crippen LogP contribution < -0.4 is 4.90 Å². The number of aldehydes is 1. The van der Waals surface area contributed by atoms with Gasteiger partial charge < -0.3 is 4.90 Å². The molecule has 1 aromatic carbocycles. The van der Waals surface area contributed by atoms with Gasteiger partial charge in [-0.25, -0.2) is 0 Å². The molecule has 0 unspecified atom stereocenters. The van der Waals surface area contributed by atoms with E-state index in [0.29, 0.717) is 0 Å². The molecule has 2 heteroatoms. The Kier molecular flexibility index (Phi) is 31.6. The van der Waals surface area contributed by atoms with Gasteiger partial charge in [-0.3, -0.25) is 4.79 Å². The first-order chi connectivity index (χ1) is 22.3. The van der Waals surface area contributed by atoms with Crippen molar-refractivity contribution in [2.45, 2.75) is 219 Å². The van der Waals surface area contributed by atoms with Crippen molar-refractivity contribution >= 4 is 12.0 Å². The van der Waals surface area contributed by atoms with Gasteiger partial charge in [0.2, 0.25) is 0 Å². The summed E-state index contributed by atoms with van der Waals surface area (Å²) in [5.41, 5.74) is 2.08. The van der Waals surface area contributed by atoms with E-state index in [1.54, 1.807) is 0 Å². The smallest absolute Gasteiger partial charge is 0.150 e. The highest BCUT2D eigenvalue weighted by Gasteiger charge is 2.07. The normalized spacial score (nSPS) is 11.3. The van der Waals surface area contributed by atoms with Crippen molar-refractivity contribution in [3.8, 4) is 0 Å². The van der Waals surface area contributed by atoms with Crippen LogP contribution in [0.4, 0.5) is 5.69 Å². The summed E-state index contributed by atoms with van der Waals surface area (Å²) >= 11 is 0. The predicted molar refractivity (Wildman–Crippen MR) is 203 cm³/mol. The molecule has 1 rings (SSSR count). The number of hydrogen-bond acceptors (Lipinski definition) is 2. The molecule has 0 aliphatic heterocycles. The van der Waals surface area contributed by atoms with Gasteiger partial charge in [0, 0.05) is 24.3 Å². The van der Waals surface area contributed by atoms with Gasteiger partial charge in [-0.2, -0.15) is 0 Å². The summed E-state index contributed by atoms with van der Waals surface area (Å²) < 4.78 is 0. The Labute approximate surface area is 283 Å². The fourth-order valence-corrected chi connectivity index (χ4v) is 6.84. The predicted octanol–water partition coefficient (Wildman–Crippen LogP) is 14.8. The lowest BCUT2D eigenvalue weighted by Gasteiger charge is -2.25. The average molecular weight is 626 g/mol. The number of anilines is 1. The minimum atomic E-state index is 0.781. The zero-order valence-electron chi connectivity index (χ0n) is 30.8. The fourth-order valence-electron chi connectivity index (χ4n) is 6.84. The Hall–Kier alpha value is -1.31. The van der Waals surface area contributed by atoms with E-state index in [1.165, 1.54) is 211 Å². The summed E-state index contributed by atoms with van der Waals surface area (Å²) in [4.78, 5) is 13.7. The van der Waals surface area contributed by atoms with E-state index in [0.717, 1.165) is 24.9 Å². The summed E-state index contributed by atoms with van der Waals surface area (Å²) in [6, 6.07) is 8.28. The van der Waals surface area contributed by atoms with E-state index in [2.05, 4.69) is 30.9 Å². The second-order valence-electron chi connectivity index (χ2n) is 14.3. The van der Waals surface area contributed by atoms with E-state index in [-0.39, 0.29) is 0 Å². The third-order valence-electron chi connectivity index (χ3n) is 9.96. The lowest BCUT2D eigenvalue weighted by Crippen LogP contribution is -2.25. The Balaban J connectivity index is 2.06. The van der Waals surface area contributed by atoms with Crippen molar-refractivity contribution in [3.05, 3.63) is 29.8 Å². The molecule has 1 aromatic rings. The van der Waals surface area contributed by atoms with Gasteiger partial charge in [-0.05, 0) is 37.1 Å². The highest BCUT2D eigenvalue weighted by Crippen LogP contribution is 2.19. The zero-order chi connectivity index (χ0) is 32.3. The maximum atomic E-state index is 11.1. The average Bonchev–Trinajstić information content (AvgIpc) is 3.07. The molecule has 0 heterocycles. The maximum absolute atomic E-state index is 11.1. The molecule has 2 nitrogen and oxygen atoms in total. The summed E-state index contributed by atoms with van der Waals surface area (Å²) in [6.07, 6.45) is 46.3. The molecular weight excluding hydrogens is 546 g/mol. The molecule has 0 saturated carbocycles. The third-order valence-corrected chi connectivity index (χ3v) is 9.96. The molecule has 0 aromatic heterocycles. The minimum Gasteiger partial charge on any atom is -0.372 e. The SMILES string of the molecule is CCCCCCCCCCCCCCCCCCN(CCCCCCCCCCCCCCCCCC)c1ccc(C=O)cc1. The molecule has 0 atom stereocenters. The van der Waals surface area contributed by atoms with Crippen LogP contribution in [0, 0.1) is 0 Å². The second kappa shape index (κ2) is 34.0. The highest BCUT2D eigenvalue weighted by molar-refractivity contribution is 5.75. The first-order valence-corrected chi connectivity index (χ1v) is 20.6. The summed E-state index contributed by atoms with van der Waals surface area (Å²) in [5.74, 6) is 0. The monoisotopic (exact) mass is 626 g/mol. The lowest BCUT2D eigenvalue weighted by atomic mass is 10.0. The molecule has 0 radical (unpaired) electrons. The maximum Gasteiger partial charge on any atom is 0.150 e. The van der Waals surface area contributed by atoms with Gasteiger partial charge in [0.05, 0.1) is 0 Å². The van der Waals surface area contributed by atoms with Crippen molar-refractivity contribution < 1.29 is 4.79 Å². The van der Waals surface area contributed by atoms with E-state index >= 15 is 0 Å². The molecule has 0 aliphatic rings. The second-order valence-corrected chi connectivity index (χ2v) is 14.3. The molecule has 0 fully saturated rings. The summed E-state index contributed by atoms with van der Waals surface area (Å²) in [5, 5.41) is 0. The van der Waals surface area contributed by atoms with Gasteiger partial charge in [-0.1, -0.05) is 206 Å². The summed E-state index contributed by atoms with van der Waals surface area (Å²) in [7, 11) is 0. The zero-order valence-corrected chi connectivity index (χ0v) is 30.8. The molecule has 45 heavy (non-hydrogen) atoms. The van der Waals surface area contributed by atoms with Crippen molar-refractivity contribution in [2.75, 3.05) is 18.0 Å². The topological polar surface area (TPSA) is 20.3 Å². The third kappa shape index (κ3) is 27.5. The van der Waals surface area contributed by atoms with Gasteiger partial charge in [0.25, 0.3) is 0 Å². The van der Waals surface area contributed by atoms with Crippen LogP contribution in [0.3, 0.4) is 0 Å². The number of hydrogen-bond donors (Lipinski definition) is 0. The van der Waals surface area contributed by atoms with Crippen molar-refractivity contribution in [2.24, 2.45) is 0 Å². The molecule has 262 valence electrons. The highest BCUT2D eigenvalue weighted by atomic mass is 16.1. The van der Waals surface area contributed by atoms with Gasteiger partial charge >= 0.3 is 0 Å². The van der Waals surface area contributed by atoms with Crippen LogP contribution in [0.5, 0.6) is 0 Å². The van der Waals surface area contributed by atoms with Crippen molar-refractivity contribution in [1.29, 1.82) is 0 Å². The molecule has 0 aliphatic carbocycles. The van der Waals surface area contributed by atoms with Crippen LogP contribution in [-0.2, 0) is 0 Å². The first kappa shape index (κ1) is 41.7. The first-order valence-electron chi connectivity index (χ1n) is 20.6. The molecule has 0 spiro atoms. The quantitative estimate of drug-likeness (QED) is 0.0546. The van der Waals surface area contributed by atoms with E-state index in [9.17, 15) is 4.79 Å². The standard InChI is InChI=1S/C43H79NO/c1-3-5-7-9-11-13-15-17-19-21-23-25-27-29-31-33-39-44(43-37-35-42(41-45)36-38-43)40-34-32-30-28-26-24-22-20-18-16-14-12-10-8-6-4-2/h35-38,41H,3-34,39-40H2,1-2H3. The van der Waals surface area contributed by atoms with Gasteiger partial charge in [-0.15, -0.1) is 0 Å². The van der Waals surface area contributed by atoms with Crippen molar-refractivity contribution in [3.63, 3.8) is 0 Å². The Bertz CT molecular complexity index is 677. The van der Waals surface area contributed by atoms with E-state index < -0.39 is 0 Å². The molecule has 0 amide bonds. The van der Waals surface area contributed by atoms with Crippen LogP contribution in [0.1, 0.15) is 230 Å². The Morgan fingerprint density at radius 1 is 0.378 bits per heavy atom. The number of rotatable bonds is 36. The van der Waals surface area contributed by atoms with Crippen molar-refractivity contribution in [1.82, 2.24) is 0 Å².